The summed E-state index contributed by atoms with van der Waals surface area (Å²) in [5, 5.41) is 0. The molecule has 0 saturated carbocycles. The van der Waals surface area contributed by atoms with Crippen molar-refractivity contribution >= 4 is 17.8 Å². The van der Waals surface area contributed by atoms with E-state index in [4.69, 9.17) is 10.5 Å². The smallest absolute Gasteiger partial charge is 0.337 e. The van der Waals surface area contributed by atoms with Gasteiger partial charge in [-0.1, -0.05) is 18.2 Å². The van der Waals surface area contributed by atoms with Crippen LogP contribution in [-0.2, 0) is 9.53 Å². The number of carbonyl (C=O) groups is 3. The number of aryl methyl sites for hydroxylation is 1. The van der Waals surface area contributed by atoms with Gasteiger partial charge in [-0.3, -0.25) is 9.59 Å². The van der Waals surface area contributed by atoms with Crippen LogP contribution in [0.25, 0.3) is 11.1 Å². The second-order valence-electron chi connectivity index (χ2n) is 6.66. The SMILES string of the molecule is COC(=O)c1ccc(-c2ccc(C(=O)N3CCCC3C(N)=O)cc2)c(C)c1. The maximum Gasteiger partial charge on any atom is 0.337 e. The molecule has 2 amide bonds. The predicted octanol–water partition coefficient (Wildman–Crippen LogP) is 2.54. The third-order valence-corrected chi connectivity index (χ3v) is 4.93. The molecule has 27 heavy (non-hydrogen) atoms. The van der Waals surface area contributed by atoms with Crippen molar-refractivity contribution < 1.29 is 19.1 Å². The minimum Gasteiger partial charge on any atom is -0.465 e. The van der Waals surface area contributed by atoms with E-state index in [2.05, 4.69) is 0 Å². The number of esters is 1. The molecule has 1 fully saturated rings. The zero-order valence-electron chi connectivity index (χ0n) is 15.4. The molecule has 1 saturated heterocycles. The molecule has 1 unspecified atom stereocenters. The van der Waals surface area contributed by atoms with Crippen LogP contribution in [0.1, 0.15) is 39.1 Å². The van der Waals surface area contributed by atoms with E-state index in [-0.39, 0.29) is 11.9 Å². The molecular weight excluding hydrogens is 344 g/mol. The van der Waals surface area contributed by atoms with Crippen LogP contribution in [0.2, 0.25) is 0 Å². The number of hydrogen-bond acceptors (Lipinski definition) is 4. The van der Waals surface area contributed by atoms with E-state index in [1.165, 1.54) is 7.11 Å². The number of benzene rings is 2. The van der Waals surface area contributed by atoms with Crippen LogP contribution in [0.4, 0.5) is 0 Å². The summed E-state index contributed by atoms with van der Waals surface area (Å²) in [6.07, 6.45) is 1.40. The van der Waals surface area contributed by atoms with E-state index >= 15 is 0 Å². The number of amides is 2. The third-order valence-electron chi connectivity index (χ3n) is 4.93. The topological polar surface area (TPSA) is 89.7 Å². The molecule has 1 heterocycles. The van der Waals surface area contributed by atoms with Crippen molar-refractivity contribution in [3.05, 3.63) is 59.2 Å². The summed E-state index contributed by atoms with van der Waals surface area (Å²) in [6, 6.07) is 12.1. The predicted molar refractivity (Wildman–Crippen MR) is 101 cm³/mol. The molecule has 6 heteroatoms. The van der Waals surface area contributed by atoms with Crippen LogP contribution in [0.5, 0.6) is 0 Å². The molecule has 0 aliphatic carbocycles. The van der Waals surface area contributed by atoms with Crippen LogP contribution in [0, 0.1) is 6.92 Å². The van der Waals surface area contributed by atoms with Crippen LogP contribution in [0.15, 0.2) is 42.5 Å². The fourth-order valence-electron chi connectivity index (χ4n) is 3.50. The third kappa shape index (κ3) is 3.69. The highest BCUT2D eigenvalue weighted by atomic mass is 16.5. The Hall–Kier alpha value is -3.15. The Labute approximate surface area is 157 Å². The zero-order chi connectivity index (χ0) is 19.6. The van der Waals surface area contributed by atoms with Crippen LogP contribution in [-0.4, -0.2) is 42.4 Å². The van der Waals surface area contributed by atoms with E-state index in [0.29, 0.717) is 24.1 Å². The maximum atomic E-state index is 12.7. The van der Waals surface area contributed by atoms with Gasteiger partial charge in [0, 0.05) is 12.1 Å². The second kappa shape index (κ2) is 7.61. The largest absolute Gasteiger partial charge is 0.465 e. The van der Waals surface area contributed by atoms with Gasteiger partial charge in [0.15, 0.2) is 0 Å². The zero-order valence-corrected chi connectivity index (χ0v) is 15.4. The summed E-state index contributed by atoms with van der Waals surface area (Å²) in [4.78, 5) is 37.4. The number of primary amides is 1. The first-order valence-electron chi connectivity index (χ1n) is 8.82. The molecule has 0 spiro atoms. The molecule has 1 aliphatic heterocycles. The highest BCUT2D eigenvalue weighted by molar-refractivity contribution is 5.98. The summed E-state index contributed by atoms with van der Waals surface area (Å²) in [7, 11) is 1.35. The Morgan fingerprint density at radius 3 is 2.33 bits per heavy atom. The van der Waals surface area contributed by atoms with Gasteiger partial charge < -0.3 is 15.4 Å². The van der Waals surface area contributed by atoms with Gasteiger partial charge in [-0.05, 0) is 60.7 Å². The van der Waals surface area contributed by atoms with Crippen molar-refractivity contribution in [3.8, 4) is 11.1 Å². The summed E-state index contributed by atoms with van der Waals surface area (Å²) in [6.45, 7) is 2.46. The summed E-state index contributed by atoms with van der Waals surface area (Å²) in [5.41, 5.74) is 9.26. The number of carbonyl (C=O) groups excluding carboxylic acids is 3. The molecule has 2 aromatic carbocycles. The van der Waals surface area contributed by atoms with Gasteiger partial charge in [-0.2, -0.15) is 0 Å². The van der Waals surface area contributed by atoms with Gasteiger partial charge in [-0.15, -0.1) is 0 Å². The van der Waals surface area contributed by atoms with E-state index in [0.717, 1.165) is 23.1 Å². The van der Waals surface area contributed by atoms with E-state index < -0.39 is 11.9 Å². The molecule has 0 bridgehead atoms. The fourth-order valence-corrected chi connectivity index (χ4v) is 3.50. The number of nitrogens with two attached hydrogens (primary N) is 1. The van der Waals surface area contributed by atoms with Crippen molar-refractivity contribution in [1.82, 2.24) is 4.90 Å². The Balaban J connectivity index is 1.82. The normalized spacial score (nSPS) is 16.2. The van der Waals surface area contributed by atoms with Crippen molar-refractivity contribution in [2.45, 2.75) is 25.8 Å². The van der Waals surface area contributed by atoms with Gasteiger partial charge in [0.25, 0.3) is 5.91 Å². The molecule has 1 aliphatic rings. The fraction of sp³-hybridized carbons (Fsp3) is 0.286. The van der Waals surface area contributed by atoms with Gasteiger partial charge >= 0.3 is 5.97 Å². The minimum absolute atomic E-state index is 0.180. The number of nitrogens with zero attached hydrogens (tertiary/aromatic N) is 1. The highest BCUT2D eigenvalue weighted by Gasteiger charge is 2.33. The molecule has 6 nitrogen and oxygen atoms in total. The molecule has 0 radical (unpaired) electrons. The van der Waals surface area contributed by atoms with Gasteiger partial charge in [0.2, 0.25) is 5.91 Å². The standard InChI is InChI=1S/C21H22N2O4/c1-13-12-16(21(26)27-2)9-10-17(13)14-5-7-15(8-6-14)20(25)23-11-3-4-18(23)19(22)24/h5-10,12,18H,3-4,11H2,1-2H3,(H2,22,24). The molecule has 3 rings (SSSR count). The van der Waals surface area contributed by atoms with Crippen molar-refractivity contribution in [1.29, 1.82) is 0 Å². The quantitative estimate of drug-likeness (QED) is 0.842. The average Bonchev–Trinajstić information content (AvgIpc) is 3.17. The van der Waals surface area contributed by atoms with Crippen molar-refractivity contribution in [3.63, 3.8) is 0 Å². The lowest BCUT2D eigenvalue weighted by Gasteiger charge is -2.22. The summed E-state index contributed by atoms with van der Waals surface area (Å²) in [5.74, 6) is -1.01. The van der Waals surface area contributed by atoms with E-state index in [1.54, 1.807) is 29.2 Å². The van der Waals surface area contributed by atoms with Crippen LogP contribution in [0.3, 0.4) is 0 Å². The molecule has 1 atom stereocenters. The number of likely N-dealkylation sites (tertiary alicyclic amines) is 1. The van der Waals surface area contributed by atoms with Gasteiger partial charge in [0.1, 0.15) is 6.04 Å². The van der Waals surface area contributed by atoms with Gasteiger partial charge in [-0.25, -0.2) is 4.79 Å². The van der Waals surface area contributed by atoms with Crippen LogP contribution < -0.4 is 5.73 Å². The van der Waals surface area contributed by atoms with Gasteiger partial charge in [0.05, 0.1) is 12.7 Å². The Kier molecular flexibility index (Phi) is 5.26. The number of hydrogen-bond donors (Lipinski definition) is 1. The maximum absolute atomic E-state index is 12.7. The summed E-state index contributed by atoms with van der Waals surface area (Å²) >= 11 is 0. The summed E-state index contributed by atoms with van der Waals surface area (Å²) < 4.78 is 4.74. The molecule has 140 valence electrons. The monoisotopic (exact) mass is 366 g/mol. The second-order valence-corrected chi connectivity index (χ2v) is 6.66. The molecule has 2 aromatic rings. The molecule has 2 N–H and O–H groups in total. The lowest BCUT2D eigenvalue weighted by Crippen LogP contribution is -2.43. The Bertz CT molecular complexity index is 890. The Morgan fingerprint density at radius 2 is 1.74 bits per heavy atom. The minimum atomic E-state index is -0.523. The number of methoxy groups -OCH3 is 1. The first-order valence-corrected chi connectivity index (χ1v) is 8.82. The first kappa shape index (κ1) is 18.6. The number of ether oxygens (including phenoxy) is 1. The first-order chi connectivity index (χ1) is 12.9. The van der Waals surface area contributed by atoms with Crippen molar-refractivity contribution in [2.75, 3.05) is 13.7 Å². The lowest BCUT2D eigenvalue weighted by molar-refractivity contribution is -0.121. The van der Waals surface area contributed by atoms with E-state index in [1.807, 2.05) is 25.1 Å². The number of rotatable bonds is 4. The molecule has 0 aromatic heterocycles. The van der Waals surface area contributed by atoms with Crippen molar-refractivity contribution in [2.24, 2.45) is 5.73 Å². The highest BCUT2D eigenvalue weighted by Crippen LogP contribution is 2.26. The van der Waals surface area contributed by atoms with Crippen LogP contribution >= 0.6 is 0 Å². The van der Waals surface area contributed by atoms with E-state index in [9.17, 15) is 14.4 Å². The lowest BCUT2D eigenvalue weighted by atomic mass is 9.97. The average molecular weight is 366 g/mol. The molecular formula is C21H22N2O4. The Morgan fingerprint density at radius 1 is 1.07 bits per heavy atom.